The van der Waals surface area contributed by atoms with Crippen LogP contribution in [0.5, 0.6) is 11.5 Å². The predicted molar refractivity (Wildman–Crippen MR) is 102 cm³/mol. The first-order valence-corrected chi connectivity index (χ1v) is 9.93. The van der Waals surface area contributed by atoms with Crippen molar-refractivity contribution in [2.75, 3.05) is 32.7 Å². The van der Waals surface area contributed by atoms with Crippen molar-refractivity contribution in [3.05, 3.63) is 23.8 Å². The van der Waals surface area contributed by atoms with Gasteiger partial charge >= 0.3 is 0 Å². The largest absolute Gasteiger partial charge is 0.497 e. The van der Waals surface area contributed by atoms with E-state index in [-0.39, 0.29) is 0 Å². The number of rotatable bonds is 8. The normalized spacial score (nSPS) is 15.4. The van der Waals surface area contributed by atoms with E-state index in [1.54, 1.807) is 14.2 Å². The Kier molecular flexibility index (Phi) is 8.08. The van der Waals surface area contributed by atoms with Gasteiger partial charge in [0.05, 0.1) is 13.2 Å². The van der Waals surface area contributed by atoms with Crippen molar-refractivity contribution >= 4 is 17.7 Å². The standard InChI is InChI=1S/C18H29N3O2S/c1-19-18(20-10-11-24-3)21-13-14-8-9-16(22-2)12-17(14)23-15-6-4-5-7-15/h8-9,12,15H,4-7,10-11,13H2,1-3H3,(H2,19,20,21). The van der Waals surface area contributed by atoms with Crippen molar-refractivity contribution in [1.82, 2.24) is 10.6 Å². The average molecular weight is 352 g/mol. The number of guanidine groups is 1. The highest BCUT2D eigenvalue weighted by Crippen LogP contribution is 2.29. The van der Waals surface area contributed by atoms with E-state index in [0.717, 1.165) is 48.2 Å². The molecule has 0 saturated heterocycles. The zero-order chi connectivity index (χ0) is 17.2. The number of methoxy groups -OCH3 is 1. The maximum absolute atomic E-state index is 6.23. The summed E-state index contributed by atoms with van der Waals surface area (Å²) < 4.78 is 11.6. The van der Waals surface area contributed by atoms with E-state index in [4.69, 9.17) is 9.47 Å². The Hall–Kier alpha value is -1.56. The molecule has 1 saturated carbocycles. The first-order chi connectivity index (χ1) is 11.8. The molecule has 1 fully saturated rings. The molecule has 2 rings (SSSR count). The molecule has 1 aliphatic rings. The molecule has 6 heteroatoms. The number of ether oxygens (including phenoxy) is 2. The molecule has 0 heterocycles. The molecule has 1 aromatic carbocycles. The summed E-state index contributed by atoms with van der Waals surface area (Å²) >= 11 is 1.81. The number of aliphatic imine (C=N–C) groups is 1. The van der Waals surface area contributed by atoms with Gasteiger partial charge in [-0.15, -0.1) is 0 Å². The summed E-state index contributed by atoms with van der Waals surface area (Å²) in [6.07, 6.45) is 7.23. The van der Waals surface area contributed by atoms with E-state index in [9.17, 15) is 0 Å². The molecule has 0 spiro atoms. The molecule has 1 aliphatic carbocycles. The molecule has 134 valence electrons. The number of hydrogen-bond donors (Lipinski definition) is 2. The van der Waals surface area contributed by atoms with Crippen LogP contribution in [0.1, 0.15) is 31.2 Å². The van der Waals surface area contributed by atoms with E-state index in [1.807, 2.05) is 23.9 Å². The summed E-state index contributed by atoms with van der Waals surface area (Å²) in [7, 11) is 3.47. The number of nitrogens with zero attached hydrogens (tertiary/aromatic N) is 1. The Bertz CT molecular complexity index is 531. The first-order valence-electron chi connectivity index (χ1n) is 8.54. The predicted octanol–water partition coefficient (Wildman–Crippen LogP) is 3.04. The summed E-state index contributed by atoms with van der Waals surface area (Å²) in [5, 5.41) is 6.66. The average Bonchev–Trinajstić information content (AvgIpc) is 3.11. The quantitative estimate of drug-likeness (QED) is 0.428. The Labute approximate surface area is 149 Å². The monoisotopic (exact) mass is 351 g/mol. The van der Waals surface area contributed by atoms with Gasteiger partial charge in [0.25, 0.3) is 0 Å². The molecule has 1 aromatic rings. The molecule has 0 aliphatic heterocycles. The third-order valence-electron chi connectivity index (χ3n) is 4.14. The molecular formula is C18H29N3O2S. The van der Waals surface area contributed by atoms with Crippen molar-refractivity contribution < 1.29 is 9.47 Å². The van der Waals surface area contributed by atoms with Gasteiger partial charge in [0, 0.05) is 37.5 Å². The number of nitrogens with one attached hydrogen (secondary N) is 2. The summed E-state index contributed by atoms with van der Waals surface area (Å²) in [6, 6.07) is 6.02. The zero-order valence-corrected chi connectivity index (χ0v) is 15.7. The molecule has 0 unspecified atom stereocenters. The lowest BCUT2D eigenvalue weighted by atomic mass is 10.2. The summed E-state index contributed by atoms with van der Waals surface area (Å²) in [5.41, 5.74) is 1.12. The second-order valence-corrected chi connectivity index (χ2v) is 6.83. The maximum atomic E-state index is 6.23. The van der Waals surface area contributed by atoms with E-state index in [2.05, 4.69) is 27.9 Å². The van der Waals surface area contributed by atoms with Crippen LogP contribution in [-0.2, 0) is 6.54 Å². The van der Waals surface area contributed by atoms with Crippen molar-refractivity contribution in [3.8, 4) is 11.5 Å². The number of benzene rings is 1. The van der Waals surface area contributed by atoms with Crippen LogP contribution in [0.3, 0.4) is 0 Å². The van der Waals surface area contributed by atoms with Crippen molar-refractivity contribution in [2.24, 2.45) is 4.99 Å². The van der Waals surface area contributed by atoms with Crippen molar-refractivity contribution in [3.63, 3.8) is 0 Å². The van der Waals surface area contributed by atoms with Crippen molar-refractivity contribution in [1.29, 1.82) is 0 Å². The van der Waals surface area contributed by atoms with E-state index >= 15 is 0 Å². The highest BCUT2D eigenvalue weighted by Gasteiger charge is 2.18. The molecule has 24 heavy (non-hydrogen) atoms. The fraction of sp³-hybridized carbons (Fsp3) is 0.611. The molecule has 0 atom stereocenters. The van der Waals surface area contributed by atoms with Crippen molar-refractivity contribution in [2.45, 2.75) is 38.3 Å². The van der Waals surface area contributed by atoms with Gasteiger partial charge in [0.1, 0.15) is 11.5 Å². The Morgan fingerprint density at radius 1 is 1.29 bits per heavy atom. The molecule has 5 nitrogen and oxygen atoms in total. The van der Waals surface area contributed by atoms with Gasteiger partial charge in [-0.1, -0.05) is 0 Å². The Morgan fingerprint density at radius 3 is 2.75 bits per heavy atom. The smallest absolute Gasteiger partial charge is 0.191 e. The SMILES string of the molecule is CN=C(NCCSC)NCc1ccc(OC)cc1OC1CCCC1. The molecule has 0 radical (unpaired) electrons. The fourth-order valence-corrected chi connectivity index (χ4v) is 3.08. The topological polar surface area (TPSA) is 54.9 Å². The second kappa shape index (κ2) is 10.3. The van der Waals surface area contributed by atoms with Crippen LogP contribution in [0, 0.1) is 0 Å². The van der Waals surface area contributed by atoms with Gasteiger partial charge in [0.2, 0.25) is 0 Å². The highest BCUT2D eigenvalue weighted by molar-refractivity contribution is 7.98. The number of hydrogen-bond acceptors (Lipinski definition) is 4. The minimum absolute atomic E-state index is 0.329. The fourth-order valence-electron chi connectivity index (χ4n) is 2.77. The van der Waals surface area contributed by atoms with Gasteiger partial charge in [-0.05, 0) is 44.1 Å². The summed E-state index contributed by atoms with van der Waals surface area (Å²) in [4.78, 5) is 4.26. The molecule has 0 bridgehead atoms. The van der Waals surface area contributed by atoms with Crippen LogP contribution >= 0.6 is 11.8 Å². The molecular weight excluding hydrogens is 322 g/mol. The van der Waals surface area contributed by atoms with Gasteiger partial charge in [-0.2, -0.15) is 11.8 Å². The zero-order valence-electron chi connectivity index (χ0n) is 14.9. The second-order valence-electron chi connectivity index (χ2n) is 5.84. The number of thioether (sulfide) groups is 1. The summed E-state index contributed by atoms with van der Waals surface area (Å²) in [6.45, 7) is 1.57. The summed E-state index contributed by atoms with van der Waals surface area (Å²) in [5.74, 6) is 3.61. The van der Waals surface area contributed by atoms with Crippen LogP contribution in [0.4, 0.5) is 0 Å². The lowest BCUT2D eigenvalue weighted by Crippen LogP contribution is -2.38. The highest BCUT2D eigenvalue weighted by atomic mass is 32.2. The van der Waals surface area contributed by atoms with E-state index in [1.165, 1.54) is 12.8 Å². The van der Waals surface area contributed by atoms with Crippen LogP contribution in [-0.4, -0.2) is 44.8 Å². The first kappa shape index (κ1) is 18.8. The Morgan fingerprint density at radius 2 is 2.08 bits per heavy atom. The minimum atomic E-state index is 0.329. The van der Waals surface area contributed by atoms with Gasteiger partial charge in [0.15, 0.2) is 5.96 Å². The lowest BCUT2D eigenvalue weighted by molar-refractivity contribution is 0.207. The Balaban J connectivity index is 1.99. The van der Waals surface area contributed by atoms with Crippen LogP contribution < -0.4 is 20.1 Å². The van der Waals surface area contributed by atoms with Gasteiger partial charge in [-0.25, -0.2) is 0 Å². The van der Waals surface area contributed by atoms with E-state index < -0.39 is 0 Å². The minimum Gasteiger partial charge on any atom is -0.497 e. The third-order valence-corrected chi connectivity index (χ3v) is 4.75. The van der Waals surface area contributed by atoms with Gasteiger partial charge < -0.3 is 20.1 Å². The third kappa shape index (κ3) is 5.82. The van der Waals surface area contributed by atoms with Crippen LogP contribution in [0.2, 0.25) is 0 Å². The molecule has 0 amide bonds. The lowest BCUT2D eigenvalue weighted by Gasteiger charge is -2.18. The maximum Gasteiger partial charge on any atom is 0.191 e. The van der Waals surface area contributed by atoms with Crippen LogP contribution in [0.25, 0.3) is 0 Å². The molecule has 0 aromatic heterocycles. The van der Waals surface area contributed by atoms with Gasteiger partial charge in [-0.3, -0.25) is 4.99 Å². The molecule has 2 N–H and O–H groups in total. The van der Waals surface area contributed by atoms with E-state index in [0.29, 0.717) is 12.6 Å². The van der Waals surface area contributed by atoms with Crippen LogP contribution in [0.15, 0.2) is 23.2 Å².